The number of pyridine rings is 1. The lowest BCUT2D eigenvalue weighted by molar-refractivity contribution is 0.318. The van der Waals surface area contributed by atoms with Crippen LogP contribution in [-0.4, -0.2) is 41.6 Å². The van der Waals surface area contributed by atoms with Crippen LogP contribution in [0.15, 0.2) is 18.3 Å². The Bertz CT molecular complexity index is 420. The third-order valence-corrected chi connectivity index (χ3v) is 4.27. The van der Waals surface area contributed by atoms with E-state index in [0.29, 0.717) is 6.04 Å². The zero-order chi connectivity index (χ0) is 13.1. The average molecular weight is 260 g/mol. The fraction of sp³-hybridized carbons (Fsp3) is 0.667. The van der Waals surface area contributed by atoms with Crippen molar-refractivity contribution in [1.29, 1.82) is 0 Å². The summed E-state index contributed by atoms with van der Waals surface area (Å²) in [7, 11) is 0. The SMILES string of the molecule is CCCNc1cc(NC2CCN3CCCC23)ccn1. The van der Waals surface area contributed by atoms with Crippen molar-refractivity contribution in [3.05, 3.63) is 18.3 Å². The molecular formula is C15H24N4. The van der Waals surface area contributed by atoms with Gasteiger partial charge in [0.2, 0.25) is 0 Å². The molecule has 0 spiro atoms. The van der Waals surface area contributed by atoms with E-state index in [1.807, 2.05) is 6.20 Å². The van der Waals surface area contributed by atoms with Gasteiger partial charge in [-0.15, -0.1) is 0 Å². The molecule has 3 rings (SSSR count). The smallest absolute Gasteiger partial charge is 0.127 e. The Morgan fingerprint density at radius 3 is 3.21 bits per heavy atom. The van der Waals surface area contributed by atoms with Crippen molar-refractivity contribution in [3.8, 4) is 0 Å². The molecule has 0 saturated carbocycles. The van der Waals surface area contributed by atoms with E-state index in [2.05, 4.69) is 39.6 Å². The van der Waals surface area contributed by atoms with Gasteiger partial charge in [-0.3, -0.25) is 4.90 Å². The second-order valence-electron chi connectivity index (χ2n) is 5.64. The normalized spacial score (nSPS) is 26.4. The van der Waals surface area contributed by atoms with E-state index in [4.69, 9.17) is 0 Å². The van der Waals surface area contributed by atoms with Crippen molar-refractivity contribution in [1.82, 2.24) is 9.88 Å². The lowest BCUT2D eigenvalue weighted by Crippen LogP contribution is -2.33. The molecule has 2 fully saturated rings. The van der Waals surface area contributed by atoms with E-state index < -0.39 is 0 Å². The minimum Gasteiger partial charge on any atom is -0.381 e. The second kappa shape index (κ2) is 5.78. The molecule has 0 amide bonds. The summed E-state index contributed by atoms with van der Waals surface area (Å²) in [4.78, 5) is 6.99. The van der Waals surface area contributed by atoms with Crippen molar-refractivity contribution in [3.63, 3.8) is 0 Å². The van der Waals surface area contributed by atoms with Crippen LogP contribution in [0.25, 0.3) is 0 Å². The van der Waals surface area contributed by atoms with Crippen LogP contribution in [0.1, 0.15) is 32.6 Å². The van der Waals surface area contributed by atoms with Crippen LogP contribution in [0, 0.1) is 0 Å². The molecule has 2 atom stereocenters. The summed E-state index contributed by atoms with van der Waals surface area (Å²) in [5, 5.41) is 7.05. The lowest BCUT2D eigenvalue weighted by Gasteiger charge is -2.22. The van der Waals surface area contributed by atoms with Crippen molar-refractivity contribution >= 4 is 11.5 Å². The number of anilines is 2. The first-order chi connectivity index (χ1) is 9.36. The maximum Gasteiger partial charge on any atom is 0.127 e. The summed E-state index contributed by atoms with van der Waals surface area (Å²) in [5.41, 5.74) is 1.20. The molecule has 2 N–H and O–H groups in total. The molecule has 4 heteroatoms. The van der Waals surface area contributed by atoms with Crippen LogP contribution in [-0.2, 0) is 0 Å². The van der Waals surface area contributed by atoms with Crippen LogP contribution < -0.4 is 10.6 Å². The van der Waals surface area contributed by atoms with Crippen molar-refractivity contribution in [2.75, 3.05) is 30.3 Å². The van der Waals surface area contributed by atoms with Crippen molar-refractivity contribution in [2.45, 2.75) is 44.7 Å². The third-order valence-electron chi connectivity index (χ3n) is 4.27. The summed E-state index contributed by atoms with van der Waals surface area (Å²) < 4.78 is 0. The highest BCUT2D eigenvalue weighted by Crippen LogP contribution is 2.30. The zero-order valence-corrected chi connectivity index (χ0v) is 11.7. The largest absolute Gasteiger partial charge is 0.381 e. The maximum atomic E-state index is 4.36. The first kappa shape index (κ1) is 12.7. The topological polar surface area (TPSA) is 40.2 Å². The summed E-state index contributed by atoms with van der Waals surface area (Å²) in [5.74, 6) is 0.980. The van der Waals surface area contributed by atoms with Gasteiger partial charge in [0.15, 0.2) is 0 Å². The Morgan fingerprint density at radius 1 is 1.37 bits per heavy atom. The molecule has 3 heterocycles. The number of hydrogen-bond acceptors (Lipinski definition) is 4. The number of hydrogen-bond donors (Lipinski definition) is 2. The van der Waals surface area contributed by atoms with E-state index in [1.54, 1.807) is 0 Å². The Labute approximate surface area is 115 Å². The molecule has 4 nitrogen and oxygen atoms in total. The highest BCUT2D eigenvalue weighted by molar-refractivity contribution is 5.52. The Balaban J connectivity index is 1.63. The number of aromatic nitrogens is 1. The van der Waals surface area contributed by atoms with E-state index in [-0.39, 0.29) is 0 Å². The average Bonchev–Trinajstić information content (AvgIpc) is 3.02. The molecule has 0 bridgehead atoms. The first-order valence-electron chi connectivity index (χ1n) is 7.57. The number of rotatable bonds is 5. The molecule has 0 radical (unpaired) electrons. The molecule has 1 aromatic rings. The summed E-state index contributed by atoms with van der Waals surface area (Å²) in [6.45, 7) is 5.70. The van der Waals surface area contributed by atoms with Crippen LogP contribution >= 0.6 is 0 Å². The predicted molar refractivity (Wildman–Crippen MR) is 79.6 cm³/mol. The Kier molecular flexibility index (Phi) is 3.87. The Morgan fingerprint density at radius 2 is 2.32 bits per heavy atom. The van der Waals surface area contributed by atoms with Crippen LogP contribution in [0.2, 0.25) is 0 Å². The number of nitrogens with one attached hydrogen (secondary N) is 2. The first-order valence-corrected chi connectivity index (χ1v) is 7.57. The summed E-state index contributed by atoms with van der Waals surface area (Å²) in [6.07, 6.45) is 7.00. The molecule has 2 aliphatic rings. The Hall–Kier alpha value is -1.29. The van der Waals surface area contributed by atoms with E-state index in [0.717, 1.165) is 24.8 Å². The molecule has 2 unspecified atom stereocenters. The molecule has 104 valence electrons. The molecule has 1 aromatic heterocycles. The predicted octanol–water partition coefficient (Wildman–Crippen LogP) is 2.55. The molecule has 0 aliphatic carbocycles. The van der Waals surface area contributed by atoms with Gasteiger partial charge in [-0.25, -0.2) is 4.98 Å². The summed E-state index contributed by atoms with van der Waals surface area (Å²) >= 11 is 0. The number of nitrogens with zero attached hydrogens (tertiary/aromatic N) is 2. The maximum absolute atomic E-state index is 4.36. The van der Waals surface area contributed by atoms with Gasteiger partial charge in [-0.2, -0.15) is 0 Å². The van der Waals surface area contributed by atoms with E-state index in [1.165, 1.54) is 38.0 Å². The highest BCUT2D eigenvalue weighted by Gasteiger charge is 2.36. The van der Waals surface area contributed by atoms with Gasteiger partial charge >= 0.3 is 0 Å². The zero-order valence-electron chi connectivity index (χ0n) is 11.7. The van der Waals surface area contributed by atoms with E-state index in [9.17, 15) is 0 Å². The second-order valence-corrected chi connectivity index (χ2v) is 5.64. The van der Waals surface area contributed by atoms with Crippen LogP contribution in [0.5, 0.6) is 0 Å². The number of fused-ring (bicyclic) bond motifs is 1. The van der Waals surface area contributed by atoms with Gasteiger partial charge < -0.3 is 10.6 Å². The third kappa shape index (κ3) is 2.84. The highest BCUT2D eigenvalue weighted by atomic mass is 15.2. The van der Waals surface area contributed by atoms with Gasteiger partial charge in [0, 0.05) is 43.1 Å². The van der Waals surface area contributed by atoms with Crippen molar-refractivity contribution in [2.24, 2.45) is 0 Å². The van der Waals surface area contributed by atoms with Crippen LogP contribution in [0.4, 0.5) is 11.5 Å². The molecule has 19 heavy (non-hydrogen) atoms. The van der Waals surface area contributed by atoms with Gasteiger partial charge in [-0.1, -0.05) is 6.92 Å². The van der Waals surface area contributed by atoms with Gasteiger partial charge in [-0.05, 0) is 38.3 Å². The molecule has 2 aliphatic heterocycles. The molecular weight excluding hydrogens is 236 g/mol. The van der Waals surface area contributed by atoms with Gasteiger partial charge in [0.05, 0.1) is 0 Å². The quantitative estimate of drug-likeness (QED) is 0.853. The summed E-state index contributed by atoms with van der Waals surface area (Å²) in [6, 6.07) is 5.58. The standard InChI is InChI=1S/C15H24N4/c1-2-7-16-15-11-12(5-8-17-15)18-13-6-10-19-9-3-4-14(13)19/h5,8,11,13-14H,2-4,6-7,9-10H2,1H3,(H2,16,17,18). The molecule has 2 saturated heterocycles. The van der Waals surface area contributed by atoms with Gasteiger partial charge in [0.25, 0.3) is 0 Å². The monoisotopic (exact) mass is 260 g/mol. The fourth-order valence-corrected chi connectivity index (χ4v) is 3.34. The van der Waals surface area contributed by atoms with Crippen LogP contribution in [0.3, 0.4) is 0 Å². The lowest BCUT2D eigenvalue weighted by atomic mass is 10.1. The van der Waals surface area contributed by atoms with Gasteiger partial charge in [0.1, 0.15) is 5.82 Å². The minimum atomic E-state index is 0.615. The fourth-order valence-electron chi connectivity index (χ4n) is 3.34. The minimum absolute atomic E-state index is 0.615. The molecule has 0 aromatic carbocycles. The van der Waals surface area contributed by atoms with Crippen molar-refractivity contribution < 1.29 is 0 Å². The van der Waals surface area contributed by atoms with E-state index >= 15 is 0 Å².